The average molecular weight is 184 g/mol. The zero-order valence-corrected chi connectivity index (χ0v) is 9.94. The van der Waals surface area contributed by atoms with E-state index >= 15 is 0 Å². The zero-order valence-electron chi connectivity index (χ0n) is 9.94. The molecule has 0 spiro atoms. The van der Waals surface area contributed by atoms with Crippen molar-refractivity contribution in [2.45, 2.75) is 59.3 Å². The van der Waals surface area contributed by atoms with Crippen LogP contribution in [0.25, 0.3) is 0 Å². The Morgan fingerprint density at radius 2 is 1.38 bits per heavy atom. The molecule has 0 heterocycles. The van der Waals surface area contributed by atoms with Crippen LogP contribution in [0.2, 0.25) is 0 Å². The second-order valence-corrected chi connectivity index (χ2v) is 2.49. The summed E-state index contributed by atoms with van der Waals surface area (Å²) in [5, 5.41) is 0. The highest BCUT2D eigenvalue weighted by molar-refractivity contribution is 4.65. The molecule has 0 radical (unpaired) electrons. The van der Waals surface area contributed by atoms with E-state index in [1.165, 1.54) is 38.5 Å². The molecular weight excluding hydrogens is 156 g/mol. The molecule has 0 unspecified atom stereocenters. The normalized spacial score (nSPS) is 7.31. The Hall–Kier alpha value is -0.520. The van der Waals surface area contributed by atoms with Crippen molar-refractivity contribution in [2.24, 2.45) is 0 Å². The Morgan fingerprint density at radius 3 is 1.77 bits per heavy atom. The third-order valence-electron chi connectivity index (χ3n) is 1.51. The SMILES string of the molecule is C=C.C=CCCCCCCC.CC. The van der Waals surface area contributed by atoms with Crippen LogP contribution in [0.4, 0.5) is 0 Å². The number of hydrogen-bond acceptors (Lipinski definition) is 0. The first kappa shape index (κ1) is 18.3. The van der Waals surface area contributed by atoms with Crippen LogP contribution in [-0.2, 0) is 0 Å². The molecule has 0 amide bonds. The van der Waals surface area contributed by atoms with Crippen molar-refractivity contribution in [1.29, 1.82) is 0 Å². The highest BCUT2D eigenvalue weighted by atomic mass is 13.9. The Morgan fingerprint density at radius 1 is 0.923 bits per heavy atom. The maximum atomic E-state index is 3.68. The molecule has 0 saturated heterocycles. The summed E-state index contributed by atoms with van der Waals surface area (Å²) in [5.41, 5.74) is 0. The summed E-state index contributed by atoms with van der Waals surface area (Å²) in [6.45, 7) is 15.9. The molecule has 0 aliphatic heterocycles. The van der Waals surface area contributed by atoms with Crippen LogP contribution in [-0.4, -0.2) is 0 Å². The fraction of sp³-hybridized carbons (Fsp3) is 0.692. The largest absolute Gasteiger partial charge is 0.106 e. The summed E-state index contributed by atoms with van der Waals surface area (Å²) in [4.78, 5) is 0. The number of hydrogen-bond donors (Lipinski definition) is 0. The minimum atomic E-state index is 1.20. The maximum Gasteiger partial charge on any atom is -0.0353 e. The lowest BCUT2D eigenvalue weighted by molar-refractivity contribution is 0.638. The van der Waals surface area contributed by atoms with Gasteiger partial charge in [-0.3, -0.25) is 0 Å². The van der Waals surface area contributed by atoms with Gasteiger partial charge in [-0.2, -0.15) is 0 Å². The van der Waals surface area contributed by atoms with Crippen molar-refractivity contribution in [3.8, 4) is 0 Å². The summed E-state index contributed by atoms with van der Waals surface area (Å²) in [7, 11) is 0. The molecule has 0 aliphatic carbocycles. The minimum Gasteiger partial charge on any atom is -0.106 e. The fourth-order valence-corrected chi connectivity index (χ4v) is 0.892. The van der Waals surface area contributed by atoms with Crippen molar-refractivity contribution >= 4 is 0 Å². The smallest absolute Gasteiger partial charge is 0.0353 e. The highest BCUT2D eigenvalue weighted by Crippen LogP contribution is 2.04. The Labute approximate surface area is 85.8 Å². The van der Waals surface area contributed by atoms with Crippen LogP contribution in [0, 0.1) is 0 Å². The van der Waals surface area contributed by atoms with Gasteiger partial charge < -0.3 is 0 Å². The predicted octanol–water partition coefficient (Wildman–Crippen LogP) is 5.36. The topological polar surface area (TPSA) is 0 Å². The molecule has 0 aromatic rings. The van der Waals surface area contributed by atoms with Gasteiger partial charge in [0, 0.05) is 0 Å². The molecule has 0 rings (SSSR count). The number of rotatable bonds is 6. The van der Waals surface area contributed by atoms with E-state index in [0.29, 0.717) is 0 Å². The molecule has 0 aromatic heterocycles. The van der Waals surface area contributed by atoms with Crippen molar-refractivity contribution in [1.82, 2.24) is 0 Å². The van der Waals surface area contributed by atoms with E-state index in [2.05, 4.69) is 26.7 Å². The fourth-order valence-electron chi connectivity index (χ4n) is 0.892. The van der Waals surface area contributed by atoms with Crippen LogP contribution >= 0.6 is 0 Å². The summed E-state index contributed by atoms with van der Waals surface area (Å²) in [6.07, 6.45) is 10.1. The Bertz CT molecular complexity index is 64.4. The van der Waals surface area contributed by atoms with Gasteiger partial charge in [0.1, 0.15) is 0 Å². The first-order chi connectivity index (χ1) is 6.41. The lowest BCUT2D eigenvalue weighted by Crippen LogP contribution is -1.74. The van der Waals surface area contributed by atoms with Crippen molar-refractivity contribution in [2.75, 3.05) is 0 Å². The lowest BCUT2D eigenvalue weighted by Gasteiger charge is -1.94. The molecule has 0 saturated carbocycles. The van der Waals surface area contributed by atoms with E-state index in [9.17, 15) is 0 Å². The lowest BCUT2D eigenvalue weighted by atomic mass is 10.1. The summed E-state index contributed by atoms with van der Waals surface area (Å²) < 4.78 is 0. The van der Waals surface area contributed by atoms with Crippen LogP contribution in [0.5, 0.6) is 0 Å². The van der Waals surface area contributed by atoms with E-state index < -0.39 is 0 Å². The molecule has 0 nitrogen and oxygen atoms in total. The quantitative estimate of drug-likeness (QED) is 0.385. The van der Waals surface area contributed by atoms with Crippen molar-refractivity contribution in [3.05, 3.63) is 25.8 Å². The number of allylic oxidation sites excluding steroid dienone is 1. The monoisotopic (exact) mass is 184 g/mol. The minimum absolute atomic E-state index is 1.20. The molecular formula is C13H28. The van der Waals surface area contributed by atoms with Crippen LogP contribution in [0.15, 0.2) is 25.8 Å². The van der Waals surface area contributed by atoms with E-state index in [4.69, 9.17) is 0 Å². The first-order valence-corrected chi connectivity index (χ1v) is 5.52. The van der Waals surface area contributed by atoms with Crippen LogP contribution < -0.4 is 0 Å². The first-order valence-electron chi connectivity index (χ1n) is 5.52. The molecule has 80 valence electrons. The van der Waals surface area contributed by atoms with Gasteiger partial charge in [0.2, 0.25) is 0 Å². The highest BCUT2D eigenvalue weighted by Gasteiger charge is 1.84. The van der Waals surface area contributed by atoms with Gasteiger partial charge in [-0.15, -0.1) is 19.7 Å². The molecule has 0 aromatic carbocycles. The van der Waals surface area contributed by atoms with Crippen LogP contribution in [0.3, 0.4) is 0 Å². The van der Waals surface area contributed by atoms with Crippen molar-refractivity contribution in [3.63, 3.8) is 0 Å². The summed E-state index contributed by atoms with van der Waals surface area (Å²) in [5.74, 6) is 0. The second-order valence-electron chi connectivity index (χ2n) is 2.49. The molecule has 0 bridgehead atoms. The van der Waals surface area contributed by atoms with Gasteiger partial charge in [-0.25, -0.2) is 0 Å². The Balaban J connectivity index is -0.000000218. The van der Waals surface area contributed by atoms with E-state index in [-0.39, 0.29) is 0 Å². The standard InChI is InChI=1S/C9H18.C2H6.C2H4/c1-3-5-7-9-8-6-4-2;2*1-2/h3H,1,4-9H2,2H3;1-2H3;1-2H2. The summed E-state index contributed by atoms with van der Waals surface area (Å²) in [6, 6.07) is 0. The third-order valence-corrected chi connectivity index (χ3v) is 1.51. The maximum absolute atomic E-state index is 3.68. The molecule has 0 N–H and O–H groups in total. The van der Waals surface area contributed by atoms with Crippen LogP contribution in [0.1, 0.15) is 59.3 Å². The van der Waals surface area contributed by atoms with Gasteiger partial charge in [-0.1, -0.05) is 52.5 Å². The van der Waals surface area contributed by atoms with E-state index in [1.54, 1.807) is 0 Å². The predicted molar refractivity (Wildman–Crippen MR) is 66.2 cm³/mol. The van der Waals surface area contributed by atoms with Gasteiger partial charge in [-0.05, 0) is 12.8 Å². The average Bonchev–Trinajstić information content (AvgIpc) is 2.24. The molecule has 0 heteroatoms. The van der Waals surface area contributed by atoms with Gasteiger partial charge >= 0.3 is 0 Å². The molecule has 0 fully saturated rings. The third kappa shape index (κ3) is 34.4. The molecule has 13 heavy (non-hydrogen) atoms. The second kappa shape index (κ2) is 30.0. The van der Waals surface area contributed by atoms with Gasteiger partial charge in [0.15, 0.2) is 0 Å². The number of unbranched alkanes of at least 4 members (excludes halogenated alkanes) is 5. The van der Waals surface area contributed by atoms with Crippen molar-refractivity contribution < 1.29 is 0 Å². The van der Waals surface area contributed by atoms with E-state index in [1.807, 2.05) is 19.9 Å². The Kier molecular flexibility index (Phi) is 42.3. The zero-order chi connectivity index (χ0) is 10.9. The molecule has 0 atom stereocenters. The summed E-state index contributed by atoms with van der Waals surface area (Å²) >= 11 is 0. The molecule has 0 aliphatic rings. The van der Waals surface area contributed by atoms with Gasteiger partial charge in [0.25, 0.3) is 0 Å². The van der Waals surface area contributed by atoms with Gasteiger partial charge in [0.05, 0.1) is 0 Å². The van der Waals surface area contributed by atoms with E-state index in [0.717, 1.165) is 0 Å².